The molecule has 1 unspecified atom stereocenters. The number of hydrogen-bond donors (Lipinski definition) is 1. The van der Waals surface area contributed by atoms with Gasteiger partial charge in [-0.2, -0.15) is 0 Å². The molecule has 2 aromatic rings. The van der Waals surface area contributed by atoms with Gasteiger partial charge < -0.3 is 5.32 Å². The number of nitrogens with zero attached hydrogens (tertiary/aromatic N) is 1. The molecule has 1 aromatic heterocycles. The zero-order valence-corrected chi connectivity index (χ0v) is 11.3. The lowest BCUT2D eigenvalue weighted by Crippen LogP contribution is -2.28. The van der Waals surface area contributed by atoms with E-state index in [1.807, 2.05) is 12.3 Å². The Bertz CT molecular complexity index is 478. The van der Waals surface area contributed by atoms with Gasteiger partial charge in [0.05, 0.1) is 11.7 Å². The molecule has 1 heterocycles. The van der Waals surface area contributed by atoms with Gasteiger partial charge in [-0.15, -0.1) is 0 Å². The van der Waals surface area contributed by atoms with E-state index in [4.69, 9.17) is 0 Å². The first-order valence-corrected chi connectivity index (χ1v) is 6.96. The van der Waals surface area contributed by atoms with Crippen LogP contribution in [-0.2, 0) is 0 Å². The van der Waals surface area contributed by atoms with Gasteiger partial charge >= 0.3 is 0 Å². The Hall–Kier alpha value is -1.67. The quantitative estimate of drug-likeness (QED) is 0.880. The summed E-state index contributed by atoms with van der Waals surface area (Å²) in [6.45, 7) is 3.41. The van der Waals surface area contributed by atoms with Crippen LogP contribution in [0.4, 0.5) is 0 Å². The van der Waals surface area contributed by atoms with Crippen LogP contribution in [0, 0.1) is 5.41 Å². The van der Waals surface area contributed by atoms with Crippen molar-refractivity contribution in [3.63, 3.8) is 0 Å². The van der Waals surface area contributed by atoms with E-state index in [0.717, 1.165) is 12.2 Å². The second-order valence-electron chi connectivity index (χ2n) is 5.79. The second-order valence-corrected chi connectivity index (χ2v) is 5.79. The van der Waals surface area contributed by atoms with Crippen LogP contribution in [0.15, 0.2) is 54.7 Å². The normalized spacial score (nSPS) is 17.9. The summed E-state index contributed by atoms with van der Waals surface area (Å²) in [6.07, 6.45) is 4.54. The van der Waals surface area contributed by atoms with Crippen molar-refractivity contribution in [2.24, 2.45) is 5.41 Å². The highest BCUT2D eigenvalue weighted by molar-refractivity contribution is 5.27. The largest absolute Gasteiger partial charge is 0.304 e. The first kappa shape index (κ1) is 12.4. The first-order chi connectivity index (χ1) is 9.27. The van der Waals surface area contributed by atoms with Crippen molar-refractivity contribution in [2.45, 2.75) is 25.8 Å². The number of nitrogens with one attached hydrogen (secondary N) is 1. The van der Waals surface area contributed by atoms with Crippen molar-refractivity contribution in [1.82, 2.24) is 10.3 Å². The van der Waals surface area contributed by atoms with Gasteiger partial charge in [0.2, 0.25) is 0 Å². The molecule has 1 fully saturated rings. The fourth-order valence-electron chi connectivity index (χ4n) is 2.32. The first-order valence-electron chi connectivity index (χ1n) is 6.96. The fraction of sp³-hybridized carbons (Fsp3) is 0.353. The standard InChI is InChI=1S/C17H20N2/c1-17(10-11-17)13-19-16(14-7-3-2-4-8-14)15-9-5-6-12-18-15/h2-9,12,16,19H,10-11,13H2,1H3. The van der Waals surface area contributed by atoms with Crippen molar-refractivity contribution < 1.29 is 0 Å². The molecule has 0 aliphatic heterocycles. The Morgan fingerprint density at radius 2 is 1.84 bits per heavy atom. The maximum Gasteiger partial charge on any atom is 0.0751 e. The van der Waals surface area contributed by atoms with E-state index in [9.17, 15) is 0 Å². The Balaban J connectivity index is 1.83. The molecule has 1 N–H and O–H groups in total. The molecule has 1 atom stereocenters. The number of rotatable bonds is 5. The van der Waals surface area contributed by atoms with Crippen LogP contribution in [0.25, 0.3) is 0 Å². The third kappa shape index (κ3) is 3.02. The lowest BCUT2D eigenvalue weighted by Gasteiger charge is -2.21. The summed E-state index contributed by atoms with van der Waals surface area (Å²) in [7, 11) is 0. The molecule has 1 aliphatic carbocycles. The second kappa shape index (κ2) is 5.14. The summed E-state index contributed by atoms with van der Waals surface area (Å²) in [5.74, 6) is 0. The minimum absolute atomic E-state index is 0.194. The van der Waals surface area contributed by atoms with Gasteiger partial charge in [-0.3, -0.25) is 4.98 Å². The molecular weight excluding hydrogens is 232 g/mol. The zero-order valence-electron chi connectivity index (χ0n) is 11.3. The molecule has 2 heteroatoms. The Kier molecular flexibility index (Phi) is 3.34. The van der Waals surface area contributed by atoms with E-state index in [-0.39, 0.29) is 6.04 Å². The van der Waals surface area contributed by atoms with Gasteiger partial charge in [-0.25, -0.2) is 0 Å². The lowest BCUT2D eigenvalue weighted by molar-refractivity contribution is 0.466. The molecule has 0 radical (unpaired) electrons. The predicted octanol–water partition coefficient (Wildman–Crippen LogP) is 3.56. The number of benzene rings is 1. The molecule has 1 aromatic carbocycles. The topological polar surface area (TPSA) is 24.9 Å². The molecule has 0 saturated heterocycles. The Labute approximate surface area is 114 Å². The van der Waals surface area contributed by atoms with Gasteiger partial charge in [0.25, 0.3) is 0 Å². The molecule has 2 nitrogen and oxygen atoms in total. The number of hydrogen-bond acceptors (Lipinski definition) is 2. The van der Waals surface area contributed by atoms with Gasteiger partial charge in [-0.1, -0.05) is 43.3 Å². The van der Waals surface area contributed by atoms with E-state index in [0.29, 0.717) is 5.41 Å². The maximum absolute atomic E-state index is 4.51. The summed E-state index contributed by atoms with van der Waals surface area (Å²) in [5, 5.41) is 3.69. The molecule has 0 bridgehead atoms. The number of pyridine rings is 1. The summed E-state index contributed by atoms with van der Waals surface area (Å²) >= 11 is 0. The average molecular weight is 252 g/mol. The molecule has 0 amide bonds. The minimum Gasteiger partial charge on any atom is -0.304 e. The van der Waals surface area contributed by atoms with Crippen molar-refractivity contribution in [3.05, 3.63) is 66.0 Å². The van der Waals surface area contributed by atoms with Crippen LogP contribution < -0.4 is 5.32 Å². The van der Waals surface area contributed by atoms with Crippen LogP contribution >= 0.6 is 0 Å². The van der Waals surface area contributed by atoms with Crippen LogP contribution in [-0.4, -0.2) is 11.5 Å². The summed E-state index contributed by atoms with van der Waals surface area (Å²) in [6, 6.07) is 16.9. The SMILES string of the molecule is CC1(CNC(c2ccccc2)c2ccccn2)CC1. The molecular formula is C17H20N2. The van der Waals surface area contributed by atoms with E-state index in [1.165, 1.54) is 18.4 Å². The smallest absolute Gasteiger partial charge is 0.0751 e. The summed E-state index contributed by atoms with van der Waals surface area (Å²) in [5.41, 5.74) is 2.88. The van der Waals surface area contributed by atoms with Gasteiger partial charge in [-0.05, 0) is 36.0 Å². The average Bonchev–Trinajstić information content (AvgIpc) is 3.20. The molecule has 98 valence electrons. The number of aromatic nitrogens is 1. The zero-order chi connectivity index (χ0) is 13.1. The summed E-state index contributed by atoms with van der Waals surface area (Å²) < 4.78 is 0. The Morgan fingerprint density at radius 3 is 2.47 bits per heavy atom. The molecule has 1 aliphatic rings. The molecule has 19 heavy (non-hydrogen) atoms. The highest BCUT2D eigenvalue weighted by atomic mass is 15.0. The predicted molar refractivity (Wildman–Crippen MR) is 77.9 cm³/mol. The van der Waals surface area contributed by atoms with E-state index in [1.54, 1.807) is 0 Å². The van der Waals surface area contributed by atoms with Crippen LogP contribution in [0.3, 0.4) is 0 Å². The lowest BCUT2D eigenvalue weighted by atomic mass is 10.0. The molecule has 0 spiro atoms. The van der Waals surface area contributed by atoms with Crippen molar-refractivity contribution >= 4 is 0 Å². The van der Waals surface area contributed by atoms with Crippen LogP contribution in [0.1, 0.15) is 37.1 Å². The summed E-state index contributed by atoms with van der Waals surface area (Å²) in [4.78, 5) is 4.51. The minimum atomic E-state index is 0.194. The highest BCUT2D eigenvalue weighted by Gasteiger charge is 2.37. The van der Waals surface area contributed by atoms with E-state index < -0.39 is 0 Å². The van der Waals surface area contributed by atoms with E-state index in [2.05, 4.69) is 59.7 Å². The highest BCUT2D eigenvalue weighted by Crippen LogP contribution is 2.44. The van der Waals surface area contributed by atoms with Crippen molar-refractivity contribution in [3.8, 4) is 0 Å². The van der Waals surface area contributed by atoms with Gasteiger partial charge in [0, 0.05) is 12.7 Å². The fourth-order valence-corrected chi connectivity index (χ4v) is 2.32. The third-order valence-electron chi connectivity index (χ3n) is 3.95. The van der Waals surface area contributed by atoms with Crippen LogP contribution in [0.5, 0.6) is 0 Å². The molecule has 1 saturated carbocycles. The monoisotopic (exact) mass is 252 g/mol. The van der Waals surface area contributed by atoms with E-state index >= 15 is 0 Å². The van der Waals surface area contributed by atoms with Crippen LogP contribution in [0.2, 0.25) is 0 Å². The van der Waals surface area contributed by atoms with Gasteiger partial charge in [0.1, 0.15) is 0 Å². The Morgan fingerprint density at radius 1 is 1.11 bits per heavy atom. The van der Waals surface area contributed by atoms with Crippen molar-refractivity contribution in [1.29, 1.82) is 0 Å². The molecule has 3 rings (SSSR count). The third-order valence-corrected chi connectivity index (χ3v) is 3.95. The maximum atomic E-state index is 4.51. The van der Waals surface area contributed by atoms with Gasteiger partial charge in [0.15, 0.2) is 0 Å². The van der Waals surface area contributed by atoms with Crippen molar-refractivity contribution in [2.75, 3.05) is 6.54 Å².